The van der Waals surface area contributed by atoms with Crippen molar-refractivity contribution in [1.82, 2.24) is 10.2 Å². The van der Waals surface area contributed by atoms with Gasteiger partial charge in [0.15, 0.2) is 0 Å². The maximum Gasteiger partial charge on any atom is 0.229 e. The molecule has 0 aliphatic carbocycles. The third kappa shape index (κ3) is 4.13. The van der Waals surface area contributed by atoms with Crippen LogP contribution in [0.5, 0.6) is 0 Å². The zero-order valence-electron chi connectivity index (χ0n) is 11.7. The van der Waals surface area contributed by atoms with E-state index in [2.05, 4.69) is 5.32 Å². The second-order valence-corrected chi connectivity index (χ2v) is 4.94. The van der Waals surface area contributed by atoms with Crippen LogP contribution in [0.3, 0.4) is 0 Å². The molecule has 2 rings (SSSR count). The lowest BCUT2D eigenvalue weighted by molar-refractivity contribution is -0.138. The highest BCUT2D eigenvalue weighted by molar-refractivity contribution is 6.02. The summed E-state index contributed by atoms with van der Waals surface area (Å²) in [5, 5.41) is 11.8. The molecular weight excluding hydrogens is 272 g/mol. The number of benzene rings is 1. The number of aliphatic hydroxyl groups is 1. The highest BCUT2D eigenvalue weighted by Crippen LogP contribution is 2.11. The molecule has 0 spiro atoms. The molecule has 3 amide bonds. The van der Waals surface area contributed by atoms with Crippen molar-refractivity contribution in [3.63, 3.8) is 0 Å². The molecule has 0 radical (unpaired) electrons. The Hall–Kier alpha value is -2.21. The van der Waals surface area contributed by atoms with Gasteiger partial charge in [0.25, 0.3) is 0 Å². The minimum absolute atomic E-state index is 0.0407. The number of carbonyl (C=O) groups excluding carboxylic acids is 3. The van der Waals surface area contributed by atoms with Crippen LogP contribution in [0, 0.1) is 0 Å². The van der Waals surface area contributed by atoms with E-state index in [4.69, 9.17) is 5.11 Å². The number of likely N-dealkylation sites (tertiary alicyclic amines) is 1. The molecule has 6 heteroatoms. The second-order valence-electron chi connectivity index (χ2n) is 4.94. The molecule has 1 aliphatic rings. The van der Waals surface area contributed by atoms with Crippen molar-refractivity contribution in [3.05, 3.63) is 35.4 Å². The van der Waals surface area contributed by atoms with Crippen molar-refractivity contribution >= 4 is 17.7 Å². The highest BCUT2D eigenvalue weighted by atomic mass is 16.3. The summed E-state index contributed by atoms with van der Waals surface area (Å²) < 4.78 is 0. The molecule has 1 aromatic rings. The molecule has 6 nitrogen and oxygen atoms in total. The first kappa shape index (κ1) is 15.2. The van der Waals surface area contributed by atoms with Gasteiger partial charge in [-0.1, -0.05) is 24.3 Å². The molecule has 1 fully saturated rings. The summed E-state index contributed by atoms with van der Waals surface area (Å²) in [7, 11) is 0. The van der Waals surface area contributed by atoms with E-state index >= 15 is 0 Å². The van der Waals surface area contributed by atoms with Crippen LogP contribution in [-0.2, 0) is 27.5 Å². The first-order chi connectivity index (χ1) is 10.1. The Labute approximate surface area is 122 Å². The van der Waals surface area contributed by atoms with E-state index < -0.39 is 0 Å². The maximum absolute atomic E-state index is 11.7. The number of carbonyl (C=O) groups is 3. The zero-order chi connectivity index (χ0) is 15.2. The lowest BCUT2D eigenvalue weighted by Gasteiger charge is -2.13. The predicted octanol–water partition coefficient (Wildman–Crippen LogP) is 0.334. The summed E-state index contributed by atoms with van der Waals surface area (Å²) >= 11 is 0. The Morgan fingerprint density at radius 3 is 2.52 bits per heavy atom. The number of aliphatic hydroxyl groups excluding tert-OH is 1. The Kier molecular flexibility index (Phi) is 5.05. The third-order valence-corrected chi connectivity index (χ3v) is 3.38. The lowest BCUT2D eigenvalue weighted by Crippen LogP contribution is -2.34. The molecule has 1 heterocycles. The number of rotatable bonds is 6. The minimum atomic E-state index is -0.211. The normalized spacial score (nSPS) is 14.6. The summed E-state index contributed by atoms with van der Waals surface area (Å²) in [6.07, 6.45) is 0.597. The number of hydrogen-bond acceptors (Lipinski definition) is 4. The van der Waals surface area contributed by atoms with Crippen molar-refractivity contribution in [2.75, 3.05) is 6.54 Å². The third-order valence-electron chi connectivity index (χ3n) is 3.38. The summed E-state index contributed by atoms with van der Waals surface area (Å²) in [5.41, 5.74) is 1.68. The molecule has 1 saturated heterocycles. The standard InChI is InChI=1S/C15H18N2O4/c18-10-12-3-1-2-11(8-12)9-16-13(19)6-7-17-14(20)4-5-15(17)21/h1-3,8,18H,4-7,9-10H2,(H,16,19). The van der Waals surface area contributed by atoms with Crippen molar-refractivity contribution in [3.8, 4) is 0 Å². The van der Waals surface area contributed by atoms with Crippen LogP contribution in [0.2, 0.25) is 0 Å². The van der Waals surface area contributed by atoms with Crippen LogP contribution >= 0.6 is 0 Å². The number of amides is 3. The SMILES string of the molecule is O=C(CCN1C(=O)CCC1=O)NCc1cccc(CO)c1. The molecule has 0 bridgehead atoms. The second kappa shape index (κ2) is 6.99. The van der Waals surface area contributed by atoms with Crippen LogP contribution in [0.4, 0.5) is 0 Å². The van der Waals surface area contributed by atoms with Crippen molar-refractivity contribution in [2.45, 2.75) is 32.4 Å². The molecule has 2 N–H and O–H groups in total. The number of hydrogen-bond donors (Lipinski definition) is 2. The van der Waals surface area contributed by atoms with Gasteiger partial charge in [-0.25, -0.2) is 0 Å². The summed E-state index contributed by atoms with van der Waals surface area (Å²) in [6, 6.07) is 7.28. The van der Waals surface area contributed by atoms with E-state index in [0.29, 0.717) is 6.54 Å². The first-order valence-corrected chi connectivity index (χ1v) is 6.88. The number of nitrogens with zero attached hydrogens (tertiary/aromatic N) is 1. The summed E-state index contributed by atoms with van der Waals surface area (Å²) in [4.78, 5) is 35.7. The van der Waals surface area contributed by atoms with Gasteiger partial charge in [0.2, 0.25) is 17.7 Å². The molecule has 0 saturated carbocycles. The van der Waals surface area contributed by atoms with Gasteiger partial charge in [-0.3, -0.25) is 19.3 Å². The zero-order valence-corrected chi connectivity index (χ0v) is 11.7. The molecular formula is C15H18N2O4. The molecule has 0 unspecified atom stereocenters. The fourth-order valence-corrected chi connectivity index (χ4v) is 2.21. The van der Waals surface area contributed by atoms with Crippen LogP contribution < -0.4 is 5.32 Å². The molecule has 0 atom stereocenters. The van der Waals surface area contributed by atoms with Crippen molar-refractivity contribution < 1.29 is 19.5 Å². The van der Waals surface area contributed by atoms with Gasteiger partial charge in [-0.2, -0.15) is 0 Å². The lowest BCUT2D eigenvalue weighted by atomic mass is 10.1. The molecule has 0 aromatic heterocycles. The van der Waals surface area contributed by atoms with E-state index in [9.17, 15) is 14.4 Å². The van der Waals surface area contributed by atoms with E-state index in [1.165, 1.54) is 0 Å². The predicted molar refractivity (Wildman–Crippen MR) is 74.8 cm³/mol. The van der Waals surface area contributed by atoms with Gasteiger partial charge in [-0.05, 0) is 11.1 Å². The average Bonchev–Trinajstić information content (AvgIpc) is 2.82. The van der Waals surface area contributed by atoms with Gasteiger partial charge < -0.3 is 10.4 Å². The topological polar surface area (TPSA) is 86.7 Å². The van der Waals surface area contributed by atoms with E-state index in [0.717, 1.165) is 16.0 Å². The van der Waals surface area contributed by atoms with Crippen LogP contribution in [0.15, 0.2) is 24.3 Å². The van der Waals surface area contributed by atoms with Gasteiger partial charge >= 0.3 is 0 Å². The van der Waals surface area contributed by atoms with Crippen molar-refractivity contribution in [2.24, 2.45) is 0 Å². The Bertz CT molecular complexity index is 540. The molecule has 1 aliphatic heterocycles. The van der Waals surface area contributed by atoms with Crippen LogP contribution in [0.1, 0.15) is 30.4 Å². The highest BCUT2D eigenvalue weighted by Gasteiger charge is 2.28. The summed E-state index contributed by atoms with van der Waals surface area (Å²) in [5.74, 6) is -0.621. The summed E-state index contributed by atoms with van der Waals surface area (Å²) in [6.45, 7) is 0.454. The van der Waals surface area contributed by atoms with E-state index in [1.807, 2.05) is 18.2 Å². The molecule has 1 aromatic carbocycles. The Morgan fingerprint density at radius 1 is 1.19 bits per heavy atom. The molecule has 21 heavy (non-hydrogen) atoms. The minimum Gasteiger partial charge on any atom is -0.392 e. The Morgan fingerprint density at radius 2 is 1.86 bits per heavy atom. The quantitative estimate of drug-likeness (QED) is 0.739. The Balaban J connectivity index is 1.77. The van der Waals surface area contributed by atoms with Gasteiger partial charge in [0.05, 0.1) is 6.61 Å². The molecule has 112 valence electrons. The first-order valence-electron chi connectivity index (χ1n) is 6.88. The largest absolute Gasteiger partial charge is 0.392 e. The average molecular weight is 290 g/mol. The monoisotopic (exact) mass is 290 g/mol. The fourth-order valence-electron chi connectivity index (χ4n) is 2.21. The van der Waals surface area contributed by atoms with Gasteiger partial charge in [0, 0.05) is 32.4 Å². The number of nitrogens with one attached hydrogen (secondary N) is 1. The van der Waals surface area contributed by atoms with E-state index in [1.54, 1.807) is 6.07 Å². The van der Waals surface area contributed by atoms with Crippen LogP contribution in [0.25, 0.3) is 0 Å². The van der Waals surface area contributed by atoms with Crippen molar-refractivity contribution in [1.29, 1.82) is 0 Å². The van der Waals surface area contributed by atoms with Crippen LogP contribution in [-0.4, -0.2) is 34.3 Å². The van der Waals surface area contributed by atoms with Gasteiger partial charge in [0.1, 0.15) is 0 Å². The smallest absolute Gasteiger partial charge is 0.229 e. The fraction of sp³-hybridized carbons (Fsp3) is 0.400. The van der Waals surface area contributed by atoms with Gasteiger partial charge in [-0.15, -0.1) is 0 Å². The number of imide groups is 1. The van der Waals surface area contributed by atoms with E-state index in [-0.39, 0.29) is 50.1 Å². The maximum atomic E-state index is 11.7.